The van der Waals surface area contributed by atoms with Crippen LogP contribution in [-0.4, -0.2) is 44.3 Å². The molecule has 1 fully saturated rings. The van der Waals surface area contributed by atoms with Crippen LogP contribution in [0.4, 0.5) is 0 Å². The van der Waals surface area contributed by atoms with Gasteiger partial charge < -0.3 is 4.74 Å². The zero-order valence-electron chi connectivity index (χ0n) is 16.9. The van der Waals surface area contributed by atoms with Crippen molar-refractivity contribution in [3.8, 4) is 11.3 Å². The molecule has 0 unspecified atom stereocenters. The maximum Gasteiger partial charge on any atom is 0.266 e. The van der Waals surface area contributed by atoms with Gasteiger partial charge in [0.25, 0.3) is 5.56 Å². The number of hydrogen-bond acceptors (Lipinski definition) is 7. The van der Waals surface area contributed by atoms with Crippen molar-refractivity contribution in [1.29, 1.82) is 0 Å². The molecular weight excluding hydrogens is 398 g/mol. The minimum Gasteiger partial charge on any atom is -0.375 e. The Morgan fingerprint density at radius 2 is 1.97 bits per heavy atom. The number of piperidine rings is 1. The van der Waals surface area contributed by atoms with Gasteiger partial charge in [-0.05, 0) is 50.0 Å². The first-order valence-corrected chi connectivity index (χ1v) is 11.3. The van der Waals surface area contributed by atoms with Crippen LogP contribution in [0, 0.1) is 5.92 Å². The average molecular weight is 424 g/mol. The summed E-state index contributed by atoms with van der Waals surface area (Å²) < 4.78 is 7.17. The molecule has 5 rings (SSSR count). The second-order valence-corrected chi connectivity index (χ2v) is 9.14. The summed E-state index contributed by atoms with van der Waals surface area (Å²) >= 11 is 1.80. The zero-order chi connectivity index (χ0) is 20.3. The van der Waals surface area contributed by atoms with Crippen LogP contribution in [0.25, 0.3) is 11.3 Å². The number of pyridine rings is 1. The van der Waals surface area contributed by atoms with Crippen molar-refractivity contribution in [1.82, 2.24) is 24.6 Å². The van der Waals surface area contributed by atoms with Crippen LogP contribution >= 0.6 is 11.3 Å². The van der Waals surface area contributed by atoms with E-state index in [9.17, 15) is 4.79 Å². The monoisotopic (exact) mass is 423 g/mol. The van der Waals surface area contributed by atoms with E-state index < -0.39 is 0 Å². The molecule has 7 nitrogen and oxygen atoms in total. The molecule has 0 amide bonds. The van der Waals surface area contributed by atoms with Gasteiger partial charge in [-0.3, -0.25) is 14.7 Å². The standard InChI is InChI=1S/C22H25N5O2S/c28-22-2-1-18(17-3-8-23-9-4-17)25-27(22)13-16-5-10-26(11-6-16)14-21-24-19-7-12-29-15-20(19)30-21/h1-4,8-9,16H,5-7,10-15H2. The fourth-order valence-electron chi connectivity index (χ4n) is 4.17. The van der Waals surface area contributed by atoms with Crippen molar-refractivity contribution in [2.75, 3.05) is 19.7 Å². The van der Waals surface area contributed by atoms with Crippen LogP contribution in [-0.2, 0) is 30.9 Å². The predicted octanol–water partition coefficient (Wildman–Crippen LogP) is 2.75. The van der Waals surface area contributed by atoms with E-state index in [1.807, 2.05) is 12.1 Å². The molecule has 156 valence electrons. The number of fused-ring (bicyclic) bond motifs is 1. The van der Waals surface area contributed by atoms with Crippen LogP contribution in [0.2, 0.25) is 0 Å². The lowest BCUT2D eigenvalue weighted by molar-refractivity contribution is 0.112. The van der Waals surface area contributed by atoms with E-state index in [2.05, 4.69) is 15.0 Å². The largest absolute Gasteiger partial charge is 0.375 e. The summed E-state index contributed by atoms with van der Waals surface area (Å²) in [7, 11) is 0. The highest BCUT2D eigenvalue weighted by atomic mass is 32.1. The lowest BCUT2D eigenvalue weighted by atomic mass is 9.97. The number of nitrogens with zero attached hydrogens (tertiary/aromatic N) is 5. The fraction of sp³-hybridized carbons (Fsp3) is 0.455. The predicted molar refractivity (Wildman–Crippen MR) is 115 cm³/mol. The van der Waals surface area contributed by atoms with Gasteiger partial charge in [0.15, 0.2) is 0 Å². The molecule has 0 spiro atoms. The highest BCUT2D eigenvalue weighted by molar-refractivity contribution is 7.11. The van der Waals surface area contributed by atoms with Crippen molar-refractivity contribution < 1.29 is 4.74 Å². The summed E-state index contributed by atoms with van der Waals surface area (Å²) in [5, 5.41) is 5.80. The number of rotatable bonds is 5. The highest BCUT2D eigenvalue weighted by Gasteiger charge is 2.23. The third-order valence-corrected chi connectivity index (χ3v) is 6.93. The van der Waals surface area contributed by atoms with Crippen molar-refractivity contribution >= 4 is 11.3 Å². The van der Waals surface area contributed by atoms with E-state index in [1.54, 1.807) is 40.5 Å². The molecule has 0 radical (unpaired) electrons. The topological polar surface area (TPSA) is 73.1 Å². The van der Waals surface area contributed by atoms with Crippen LogP contribution in [0.5, 0.6) is 0 Å². The van der Waals surface area contributed by atoms with E-state index in [-0.39, 0.29) is 5.56 Å². The average Bonchev–Trinajstić information content (AvgIpc) is 3.19. The second kappa shape index (κ2) is 8.75. The quantitative estimate of drug-likeness (QED) is 0.628. The zero-order valence-corrected chi connectivity index (χ0v) is 17.7. The number of hydrogen-bond donors (Lipinski definition) is 0. The van der Waals surface area contributed by atoms with Gasteiger partial charge in [0, 0.05) is 37.0 Å². The lowest BCUT2D eigenvalue weighted by Crippen LogP contribution is -2.36. The summed E-state index contributed by atoms with van der Waals surface area (Å²) in [5.41, 5.74) is 2.98. The molecule has 2 aliphatic heterocycles. The van der Waals surface area contributed by atoms with Crippen LogP contribution in [0.1, 0.15) is 28.4 Å². The molecule has 0 N–H and O–H groups in total. The number of thiazole rings is 1. The third-order valence-electron chi connectivity index (χ3n) is 5.88. The summed E-state index contributed by atoms with van der Waals surface area (Å²) in [6.45, 7) is 5.16. The smallest absolute Gasteiger partial charge is 0.266 e. The maximum absolute atomic E-state index is 12.3. The molecule has 0 aromatic carbocycles. The molecule has 0 bridgehead atoms. The van der Waals surface area contributed by atoms with Gasteiger partial charge in [-0.2, -0.15) is 5.10 Å². The third kappa shape index (κ3) is 4.35. The van der Waals surface area contributed by atoms with Gasteiger partial charge in [0.05, 0.1) is 36.0 Å². The molecule has 0 atom stereocenters. The van der Waals surface area contributed by atoms with Crippen LogP contribution < -0.4 is 5.56 Å². The molecule has 8 heteroatoms. The van der Waals surface area contributed by atoms with Crippen molar-refractivity contribution in [3.05, 3.63) is 62.6 Å². The molecule has 0 saturated carbocycles. The Bertz CT molecular complexity index is 1030. The summed E-state index contributed by atoms with van der Waals surface area (Å²) in [6, 6.07) is 7.23. The molecule has 30 heavy (non-hydrogen) atoms. The Hall–Kier alpha value is -2.42. The second-order valence-electron chi connectivity index (χ2n) is 7.97. The summed E-state index contributed by atoms with van der Waals surface area (Å²) in [4.78, 5) is 25.0. The van der Waals surface area contributed by atoms with Crippen LogP contribution in [0.15, 0.2) is 41.5 Å². The van der Waals surface area contributed by atoms with E-state index in [0.29, 0.717) is 12.5 Å². The van der Waals surface area contributed by atoms with Crippen molar-refractivity contribution in [2.24, 2.45) is 5.92 Å². The molecule has 5 heterocycles. The van der Waals surface area contributed by atoms with E-state index in [1.165, 1.54) is 15.6 Å². The van der Waals surface area contributed by atoms with Crippen LogP contribution in [0.3, 0.4) is 0 Å². The van der Waals surface area contributed by atoms with Crippen molar-refractivity contribution in [3.63, 3.8) is 0 Å². The minimum atomic E-state index is -0.0363. The first-order chi connectivity index (χ1) is 14.7. The Morgan fingerprint density at radius 3 is 2.77 bits per heavy atom. The number of aromatic nitrogens is 4. The molecule has 1 saturated heterocycles. The number of likely N-dealkylation sites (tertiary alicyclic amines) is 1. The molecular formula is C22H25N5O2S. The molecule has 3 aromatic heterocycles. The van der Waals surface area contributed by atoms with Gasteiger partial charge in [-0.1, -0.05) is 0 Å². The fourth-order valence-corrected chi connectivity index (χ4v) is 5.26. The van der Waals surface area contributed by atoms with Gasteiger partial charge >= 0.3 is 0 Å². The van der Waals surface area contributed by atoms with Gasteiger partial charge in [0.1, 0.15) is 5.01 Å². The van der Waals surface area contributed by atoms with Gasteiger partial charge in [-0.15, -0.1) is 11.3 Å². The van der Waals surface area contributed by atoms with E-state index in [0.717, 1.165) is 63.4 Å². The van der Waals surface area contributed by atoms with Gasteiger partial charge in [0.2, 0.25) is 0 Å². The lowest BCUT2D eigenvalue weighted by Gasteiger charge is -2.31. The van der Waals surface area contributed by atoms with E-state index in [4.69, 9.17) is 9.72 Å². The molecule has 0 aliphatic carbocycles. The Morgan fingerprint density at radius 1 is 1.13 bits per heavy atom. The normalized spacial score (nSPS) is 17.7. The molecule has 2 aliphatic rings. The van der Waals surface area contributed by atoms with Crippen molar-refractivity contribution in [2.45, 2.75) is 39.0 Å². The number of ether oxygens (including phenoxy) is 1. The maximum atomic E-state index is 12.3. The Labute approximate surface area is 179 Å². The minimum absolute atomic E-state index is 0.0363. The molecule has 3 aromatic rings. The Kier molecular flexibility index (Phi) is 5.70. The highest BCUT2D eigenvalue weighted by Crippen LogP contribution is 2.26. The first-order valence-electron chi connectivity index (χ1n) is 10.5. The first kappa shape index (κ1) is 19.5. The summed E-state index contributed by atoms with van der Waals surface area (Å²) in [6.07, 6.45) is 6.57. The van der Waals surface area contributed by atoms with Gasteiger partial charge in [-0.25, -0.2) is 9.67 Å². The summed E-state index contributed by atoms with van der Waals surface area (Å²) in [5.74, 6) is 0.469. The Balaban J connectivity index is 1.19. The SMILES string of the molecule is O=c1ccc(-c2ccncc2)nn1CC1CCN(Cc2nc3c(s2)COCC3)CC1. The van der Waals surface area contributed by atoms with E-state index >= 15 is 0 Å².